The minimum Gasteiger partial charge on any atom is -0.295 e. The van der Waals surface area contributed by atoms with Crippen LogP contribution in [0.3, 0.4) is 0 Å². The van der Waals surface area contributed by atoms with E-state index in [1.54, 1.807) is 0 Å². The Morgan fingerprint density at radius 1 is 1.00 bits per heavy atom. The average Bonchev–Trinajstić information content (AvgIpc) is 2.59. The van der Waals surface area contributed by atoms with Gasteiger partial charge in [-0.1, -0.05) is 29.8 Å². The van der Waals surface area contributed by atoms with E-state index < -0.39 is 0 Å². The lowest BCUT2D eigenvalue weighted by Crippen LogP contribution is -2.43. The lowest BCUT2D eigenvalue weighted by atomic mass is 10.1. The summed E-state index contributed by atoms with van der Waals surface area (Å²) in [4.78, 5) is 6.55. The van der Waals surface area contributed by atoms with Crippen LogP contribution >= 0.6 is 0 Å². The normalized spacial score (nSPS) is 16.6. The Morgan fingerprint density at radius 2 is 1.65 bits per heavy atom. The van der Waals surface area contributed by atoms with Crippen molar-refractivity contribution >= 4 is 5.71 Å². The van der Waals surface area contributed by atoms with Gasteiger partial charge >= 0.3 is 0 Å². The fourth-order valence-corrected chi connectivity index (χ4v) is 2.81. The zero-order valence-electron chi connectivity index (χ0n) is 13.9. The van der Waals surface area contributed by atoms with Gasteiger partial charge in [-0.15, -0.1) is 0 Å². The van der Waals surface area contributed by atoms with E-state index in [2.05, 4.69) is 53.0 Å². The summed E-state index contributed by atoms with van der Waals surface area (Å²) in [6.45, 7) is 9.30. The highest BCUT2D eigenvalue weighted by Crippen LogP contribution is 2.11. The molecule has 0 saturated carbocycles. The molecule has 4 heteroatoms. The smallest absolute Gasteiger partial charge is 0.0647 e. The summed E-state index contributed by atoms with van der Waals surface area (Å²) in [5, 5.41) is 6.94. The maximum Gasteiger partial charge on any atom is 0.0647 e. The van der Waals surface area contributed by atoms with Crippen LogP contribution in [0.15, 0.2) is 53.9 Å². The maximum absolute atomic E-state index is 4.75. The fraction of sp³-hybridized carbons (Fsp3) is 0.368. The van der Waals surface area contributed by atoms with Crippen molar-refractivity contribution < 1.29 is 0 Å². The molecule has 3 rings (SSSR count). The third-order valence-electron chi connectivity index (χ3n) is 4.26. The van der Waals surface area contributed by atoms with Crippen molar-refractivity contribution in [3.8, 4) is 0 Å². The molecule has 1 aromatic carbocycles. The number of nitrogens with zero attached hydrogens (tertiary/aromatic N) is 4. The number of aromatic nitrogens is 1. The zero-order chi connectivity index (χ0) is 16.1. The lowest BCUT2D eigenvalue weighted by Gasteiger charge is -2.33. The van der Waals surface area contributed by atoms with Gasteiger partial charge in [0.2, 0.25) is 0 Å². The van der Waals surface area contributed by atoms with Crippen molar-refractivity contribution in [2.24, 2.45) is 5.10 Å². The van der Waals surface area contributed by atoms with E-state index in [0.717, 1.165) is 44.0 Å². The molecule has 1 aliphatic rings. The predicted octanol–water partition coefficient (Wildman–Crippen LogP) is 2.93. The molecule has 0 unspecified atom stereocenters. The van der Waals surface area contributed by atoms with Gasteiger partial charge in [-0.2, -0.15) is 5.10 Å². The summed E-state index contributed by atoms with van der Waals surface area (Å²) in [5.74, 6) is 0. The summed E-state index contributed by atoms with van der Waals surface area (Å²) in [7, 11) is 0. The summed E-state index contributed by atoms with van der Waals surface area (Å²) < 4.78 is 0. The molecule has 0 spiro atoms. The van der Waals surface area contributed by atoms with Crippen molar-refractivity contribution in [1.29, 1.82) is 0 Å². The van der Waals surface area contributed by atoms with Crippen LogP contribution in [0, 0.1) is 6.92 Å². The molecule has 0 N–H and O–H groups in total. The third-order valence-corrected chi connectivity index (χ3v) is 4.26. The van der Waals surface area contributed by atoms with Gasteiger partial charge in [0.05, 0.1) is 5.71 Å². The Bertz CT molecular complexity index is 641. The van der Waals surface area contributed by atoms with Crippen LogP contribution in [-0.4, -0.2) is 46.8 Å². The second-order valence-corrected chi connectivity index (χ2v) is 6.14. The molecule has 1 aromatic heterocycles. The largest absolute Gasteiger partial charge is 0.295 e. The molecule has 0 amide bonds. The Hall–Kier alpha value is -2.20. The molecule has 4 nitrogen and oxygen atoms in total. The second kappa shape index (κ2) is 7.38. The topological polar surface area (TPSA) is 31.7 Å². The van der Waals surface area contributed by atoms with E-state index in [1.807, 2.05) is 24.5 Å². The molecule has 0 bridgehead atoms. The van der Waals surface area contributed by atoms with E-state index in [4.69, 9.17) is 5.10 Å². The van der Waals surface area contributed by atoms with Crippen molar-refractivity contribution in [3.05, 3.63) is 65.5 Å². The number of rotatable bonds is 4. The predicted molar refractivity (Wildman–Crippen MR) is 94.5 cm³/mol. The quantitative estimate of drug-likeness (QED) is 0.814. The van der Waals surface area contributed by atoms with E-state index >= 15 is 0 Å². The molecule has 120 valence electrons. The summed E-state index contributed by atoms with van der Waals surface area (Å²) in [5.41, 5.74) is 4.90. The molecule has 23 heavy (non-hydrogen) atoms. The van der Waals surface area contributed by atoms with Crippen LogP contribution < -0.4 is 0 Å². The first-order valence-electron chi connectivity index (χ1n) is 8.19. The summed E-state index contributed by atoms with van der Waals surface area (Å²) in [6, 6.07) is 12.8. The SMILES string of the molecule is C/C(=N\N1CCN(Cc2ccc(C)cc2)CC1)c1ccncc1. The molecule has 1 aliphatic heterocycles. The molecule has 1 saturated heterocycles. The van der Waals surface area contributed by atoms with Gasteiger partial charge < -0.3 is 0 Å². The Labute approximate surface area is 138 Å². The van der Waals surface area contributed by atoms with E-state index in [0.29, 0.717) is 0 Å². The Morgan fingerprint density at radius 3 is 2.30 bits per heavy atom. The minimum atomic E-state index is 0.980. The van der Waals surface area contributed by atoms with Crippen LogP contribution in [0.4, 0.5) is 0 Å². The molecule has 0 atom stereocenters. The van der Waals surface area contributed by atoms with Gasteiger partial charge in [-0.25, -0.2) is 0 Å². The number of aryl methyl sites for hydroxylation is 1. The average molecular weight is 308 g/mol. The molecular formula is C19H24N4. The van der Waals surface area contributed by atoms with Gasteiger partial charge in [0.1, 0.15) is 0 Å². The fourth-order valence-electron chi connectivity index (χ4n) is 2.81. The molecule has 0 radical (unpaired) electrons. The van der Waals surface area contributed by atoms with Gasteiger partial charge in [0.25, 0.3) is 0 Å². The number of hydrogen-bond donors (Lipinski definition) is 0. The van der Waals surface area contributed by atoms with E-state index in [9.17, 15) is 0 Å². The van der Waals surface area contributed by atoms with Crippen molar-refractivity contribution in [1.82, 2.24) is 14.9 Å². The monoisotopic (exact) mass is 308 g/mol. The van der Waals surface area contributed by atoms with Crippen LogP contribution in [0.1, 0.15) is 23.6 Å². The van der Waals surface area contributed by atoms with Crippen molar-refractivity contribution in [3.63, 3.8) is 0 Å². The highest BCUT2D eigenvalue weighted by molar-refractivity contribution is 5.98. The van der Waals surface area contributed by atoms with Crippen LogP contribution in [0.5, 0.6) is 0 Å². The first-order valence-corrected chi connectivity index (χ1v) is 8.19. The maximum atomic E-state index is 4.75. The first kappa shape index (κ1) is 15.7. The molecule has 2 heterocycles. The van der Waals surface area contributed by atoms with Crippen molar-refractivity contribution in [2.75, 3.05) is 26.2 Å². The van der Waals surface area contributed by atoms with Crippen LogP contribution in [0.2, 0.25) is 0 Å². The van der Waals surface area contributed by atoms with Crippen LogP contribution in [0.25, 0.3) is 0 Å². The van der Waals surface area contributed by atoms with E-state index in [1.165, 1.54) is 11.1 Å². The molecular weight excluding hydrogens is 284 g/mol. The first-order chi connectivity index (χ1) is 11.2. The number of benzene rings is 1. The number of hydrazone groups is 1. The Balaban J connectivity index is 1.53. The highest BCUT2D eigenvalue weighted by Gasteiger charge is 2.16. The standard InChI is InChI=1S/C19H24N4/c1-16-3-5-18(6-4-16)15-22-11-13-23(14-12-22)21-17(2)19-7-9-20-10-8-19/h3-10H,11-15H2,1-2H3/b21-17+. The number of piperazine rings is 1. The summed E-state index contributed by atoms with van der Waals surface area (Å²) in [6.07, 6.45) is 3.63. The van der Waals surface area contributed by atoms with Gasteiger partial charge in [-0.05, 0) is 31.5 Å². The zero-order valence-corrected chi connectivity index (χ0v) is 13.9. The molecule has 1 fully saturated rings. The number of pyridine rings is 1. The third kappa shape index (κ3) is 4.39. The Kier molecular flexibility index (Phi) is 5.03. The van der Waals surface area contributed by atoms with Crippen LogP contribution in [-0.2, 0) is 6.54 Å². The van der Waals surface area contributed by atoms with Crippen molar-refractivity contribution in [2.45, 2.75) is 20.4 Å². The van der Waals surface area contributed by atoms with Gasteiger partial charge in [0.15, 0.2) is 0 Å². The molecule has 2 aromatic rings. The van der Waals surface area contributed by atoms with E-state index in [-0.39, 0.29) is 0 Å². The number of hydrogen-bond acceptors (Lipinski definition) is 4. The molecule has 0 aliphatic carbocycles. The van der Waals surface area contributed by atoms with Gasteiger partial charge in [-0.3, -0.25) is 14.9 Å². The minimum absolute atomic E-state index is 0.980. The summed E-state index contributed by atoms with van der Waals surface area (Å²) >= 11 is 0. The second-order valence-electron chi connectivity index (χ2n) is 6.14. The lowest BCUT2D eigenvalue weighted by molar-refractivity contribution is 0.130. The highest BCUT2D eigenvalue weighted by atomic mass is 15.5. The van der Waals surface area contributed by atoms with Gasteiger partial charge in [0, 0.05) is 50.7 Å².